The molecule has 0 aliphatic carbocycles. The lowest BCUT2D eigenvalue weighted by Crippen LogP contribution is -2.32. The van der Waals surface area contributed by atoms with E-state index in [9.17, 15) is 5.11 Å². The number of aliphatic hydroxyl groups excluding tert-OH is 1. The van der Waals surface area contributed by atoms with Crippen molar-refractivity contribution in [1.82, 2.24) is 5.32 Å². The van der Waals surface area contributed by atoms with Gasteiger partial charge in [-0.15, -0.1) is 0 Å². The topological polar surface area (TPSA) is 50.7 Å². The van der Waals surface area contributed by atoms with E-state index in [-0.39, 0.29) is 6.10 Å². The zero-order valence-corrected chi connectivity index (χ0v) is 11.7. The van der Waals surface area contributed by atoms with E-state index >= 15 is 0 Å². The van der Waals surface area contributed by atoms with Crippen LogP contribution < -0.4 is 5.32 Å². The van der Waals surface area contributed by atoms with Crippen molar-refractivity contribution in [2.75, 3.05) is 33.4 Å². The largest absolute Gasteiger partial charge is 0.389 e. The molecule has 0 fully saturated rings. The highest BCUT2D eigenvalue weighted by Crippen LogP contribution is 2.07. The van der Waals surface area contributed by atoms with Gasteiger partial charge in [-0.1, -0.05) is 13.8 Å². The molecule has 0 radical (unpaired) electrons. The first-order valence-corrected chi connectivity index (χ1v) is 6.55. The van der Waals surface area contributed by atoms with E-state index in [0.29, 0.717) is 19.1 Å². The Morgan fingerprint density at radius 2 is 1.94 bits per heavy atom. The molecule has 0 aromatic carbocycles. The van der Waals surface area contributed by atoms with Crippen LogP contribution in [0.5, 0.6) is 0 Å². The second-order valence-electron chi connectivity index (χ2n) is 4.98. The van der Waals surface area contributed by atoms with Crippen LogP contribution in [0, 0.1) is 5.92 Å². The molecule has 0 rings (SSSR count). The fourth-order valence-electron chi connectivity index (χ4n) is 1.68. The molecule has 0 bridgehead atoms. The average molecular weight is 247 g/mol. The van der Waals surface area contributed by atoms with Gasteiger partial charge < -0.3 is 19.9 Å². The molecule has 104 valence electrons. The quantitative estimate of drug-likeness (QED) is 0.542. The lowest BCUT2D eigenvalue weighted by atomic mass is 10.1. The van der Waals surface area contributed by atoms with Gasteiger partial charge in [-0.05, 0) is 32.2 Å². The van der Waals surface area contributed by atoms with E-state index in [1.54, 1.807) is 7.11 Å². The molecule has 0 aliphatic rings. The summed E-state index contributed by atoms with van der Waals surface area (Å²) in [6.07, 6.45) is 1.80. The summed E-state index contributed by atoms with van der Waals surface area (Å²) in [5.74, 6) is 0.634. The first kappa shape index (κ1) is 16.8. The van der Waals surface area contributed by atoms with E-state index in [1.165, 1.54) is 0 Å². The zero-order chi connectivity index (χ0) is 13.1. The molecule has 17 heavy (non-hydrogen) atoms. The van der Waals surface area contributed by atoms with Crippen molar-refractivity contribution in [3.05, 3.63) is 0 Å². The van der Waals surface area contributed by atoms with Crippen molar-refractivity contribution in [1.29, 1.82) is 0 Å². The molecule has 0 saturated carbocycles. The summed E-state index contributed by atoms with van der Waals surface area (Å²) in [5, 5.41) is 12.8. The zero-order valence-electron chi connectivity index (χ0n) is 11.7. The first-order chi connectivity index (χ1) is 8.06. The number of ether oxygens (including phenoxy) is 2. The molecule has 0 amide bonds. The number of aliphatic hydroxyl groups is 1. The maximum absolute atomic E-state index is 9.67. The van der Waals surface area contributed by atoms with Crippen molar-refractivity contribution in [2.24, 2.45) is 5.92 Å². The van der Waals surface area contributed by atoms with Crippen molar-refractivity contribution in [2.45, 2.75) is 45.8 Å². The Kier molecular flexibility index (Phi) is 10.9. The third-order valence-corrected chi connectivity index (χ3v) is 2.46. The fraction of sp³-hybridized carbons (Fsp3) is 1.00. The van der Waals surface area contributed by atoms with E-state index < -0.39 is 6.10 Å². The Morgan fingerprint density at radius 3 is 2.53 bits per heavy atom. The van der Waals surface area contributed by atoms with Gasteiger partial charge in [-0.2, -0.15) is 0 Å². The highest BCUT2D eigenvalue weighted by atomic mass is 16.5. The van der Waals surface area contributed by atoms with Gasteiger partial charge in [0, 0.05) is 20.3 Å². The van der Waals surface area contributed by atoms with Crippen LogP contribution in [0.4, 0.5) is 0 Å². The monoisotopic (exact) mass is 247 g/mol. The SMILES string of the molecule is COCCCNCC(O)COC(C)CC(C)C. The predicted octanol–water partition coefficient (Wildman–Crippen LogP) is 1.42. The van der Waals surface area contributed by atoms with Crippen LogP contribution in [0.1, 0.15) is 33.6 Å². The average Bonchev–Trinajstić information content (AvgIpc) is 2.25. The van der Waals surface area contributed by atoms with Crippen LogP contribution >= 0.6 is 0 Å². The maximum Gasteiger partial charge on any atom is 0.0897 e. The van der Waals surface area contributed by atoms with Crippen LogP contribution in [0.3, 0.4) is 0 Å². The Balaban J connectivity index is 3.36. The van der Waals surface area contributed by atoms with Gasteiger partial charge in [-0.25, -0.2) is 0 Å². The van der Waals surface area contributed by atoms with Crippen LogP contribution in [0.25, 0.3) is 0 Å². The number of rotatable bonds is 11. The summed E-state index contributed by atoms with van der Waals surface area (Å²) in [4.78, 5) is 0. The van der Waals surface area contributed by atoms with Crippen molar-refractivity contribution in [3.8, 4) is 0 Å². The smallest absolute Gasteiger partial charge is 0.0897 e. The first-order valence-electron chi connectivity index (χ1n) is 6.55. The number of nitrogens with one attached hydrogen (secondary N) is 1. The fourth-order valence-corrected chi connectivity index (χ4v) is 1.68. The molecule has 0 heterocycles. The number of hydrogen-bond acceptors (Lipinski definition) is 4. The highest BCUT2D eigenvalue weighted by Gasteiger charge is 2.09. The van der Waals surface area contributed by atoms with E-state index in [1.807, 2.05) is 0 Å². The van der Waals surface area contributed by atoms with Crippen molar-refractivity contribution < 1.29 is 14.6 Å². The minimum Gasteiger partial charge on any atom is -0.389 e. The molecule has 0 aromatic rings. The number of methoxy groups -OCH3 is 1. The molecule has 0 saturated heterocycles. The summed E-state index contributed by atoms with van der Waals surface area (Å²) >= 11 is 0. The predicted molar refractivity (Wildman–Crippen MR) is 70.2 cm³/mol. The van der Waals surface area contributed by atoms with Gasteiger partial charge >= 0.3 is 0 Å². The van der Waals surface area contributed by atoms with Crippen LogP contribution in [-0.2, 0) is 9.47 Å². The molecule has 2 N–H and O–H groups in total. The van der Waals surface area contributed by atoms with Crippen LogP contribution in [0.2, 0.25) is 0 Å². The summed E-state index contributed by atoms with van der Waals surface area (Å²) in [5.41, 5.74) is 0. The molecule has 0 spiro atoms. The normalized spacial score (nSPS) is 15.2. The van der Waals surface area contributed by atoms with Gasteiger partial charge in [0.25, 0.3) is 0 Å². The molecule has 2 unspecified atom stereocenters. The minimum absolute atomic E-state index is 0.221. The van der Waals surface area contributed by atoms with Gasteiger partial charge in [0.1, 0.15) is 0 Å². The number of hydrogen-bond donors (Lipinski definition) is 2. The summed E-state index contributed by atoms with van der Waals surface area (Å²) in [6, 6.07) is 0. The lowest BCUT2D eigenvalue weighted by molar-refractivity contribution is -0.00852. The molecule has 0 aliphatic heterocycles. The van der Waals surface area contributed by atoms with Crippen molar-refractivity contribution >= 4 is 0 Å². The van der Waals surface area contributed by atoms with E-state index in [0.717, 1.165) is 26.0 Å². The molecule has 4 nitrogen and oxygen atoms in total. The van der Waals surface area contributed by atoms with Gasteiger partial charge in [0.15, 0.2) is 0 Å². The van der Waals surface area contributed by atoms with Gasteiger partial charge in [-0.3, -0.25) is 0 Å². The molecule has 4 heteroatoms. The summed E-state index contributed by atoms with van der Waals surface area (Å²) in [6.45, 7) is 9.01. The lowest BCUT2D eigenvalue weighted by Gasteiger charge is -2.18. The second kappa shape index (κ2) is 11.0. The van der Waals surface area contributed by atoms with E-state index in [2.05, 4.69) is 26.1 Å². The molecular formula is C13H29NO3. The molecule has 0 aromatic heterocycles. The summed E-state index contributed by atoms with van der Waals surface area (Å²) in [7, 11) is 1.69. The molecular weight excluding hydrogens is 218 g/mol. The Bertz CT molecular complexity index is 165. The maximum atomic E-state index is 9.67. The third-order valence-electron chi connectivity index (χ3n) is 2.46. The van der Waals surface area contributed by atoms with Crippen LogP contribution in [0.15, 0.2) is 0 Å². The standard InChI is InChI=1S/C13H29NO3/c1-11(2)8-12(3)17-10-13(15)9-14-6-5-7-16-4/h11-15H,5-10H2,1-4H3. The van der Waals surface area contributed by atoms with Crippen molar-refractivity contribution in [3.63, 3.8) is 0 Å². The van der Waals surface area contributed by atoms with Gasteiger partial charge in [0.2, 0.25) is 0 Å². The Hall–Kier alpha value is -0.160. The van der Waals surface area contributed by atoms with Gasteiger partial charge in [0.05, 0.1) is 18.8 Å². The Morgan fingerprint density at radius 1 is 1.24 bits per heavy atom. The van der Waals surface area contributed by atoms with E-state index in [4.69, 9.17) is 9.47 Å². The molecule has 2 atom stereocenters. The van der Waals surface area contributed by atoms with Crippen LogP contribution in [-0.4, -0.2) is 50.7 Å². The third kappa shape index (κ3) is 12.1. The Labute approximate surface area is 106 Å². The summed E-state index contributed by atoms with van der Waals surface area (Å²) < 4.78 is 10.5. The minimum atomic E-state index is -0.424. The second-order valence-corrected chi connectivity index (χ2v) is 4.98. The highest BCUT2D eigenvalue weighted by molar-refractivity contribution is 4.61.